The summed E-state index contributed by atoms with van der Waals surface area (Å²) in [7, 11) is 1.96. The zero-order valence-corrected chi connectivity index (χ0v) is 24.0. The van der Waals surface area contributed by atoms with Crippen molar-refractivity contribution < 1.29 is 14.4 Å². The van der Waals surface area contributed by atoms with Crippen LogP contribution in [0.5, 0.6) is 0 Å². The van der Waals surface area contributed by atoms with Gasteiger partial charge in [0, 0.05) is 36.7 Å². The van der Waals surface area contributed by atoms with E-state index in [0.717, 1.165) is 40.8 Å². The average Bonchev–Trinajstić information content (AvgIpc) is 3.54. The van der Waals surface area contributed by atoms with Crippen molar-refractivity contribution in [3.05, 3.63) is 101 Å². The minimum atomic E-state index is -0.619. The lowest BCUT2D eigenvalue weighted by Crippen LogP contribution is -2.52. The number of hydrogen-bond acceptors (Lipinski definition) is 4. The van der Waals surface area contributed by atoms with Gasteiger partial charge in [0.2, 0.25) is 11.8 Å². The third-order valence-electron chi connectivity index (χ3n) is 8.50. The van der Waals surface area contributed by atoms with Gasteiger partial charge in [-0.3, -0.25) is 24.4 Å². The molecular weight excluding hydrogens is 524 g/mol. The highest BCUT2D eigenvalue weighted by Crippen LogP contribution is 2.36. The number of aromatic nitrogens is 2. The summed E-state index contributed by atoms with van der Waals surface area (Å²) < 4.78 is 1.91. The highest BCUT2D eigenvalue weighted by Gasteiger charge is 2.39. The molecule has 1 aromatic heterocycles. The quantitative estimate of drug-likeness (QED) is 0.195. The summed E-state index contributed by atoms with van der Waals surface area (Å²) in [6, 6.07) is 24.7. The second kappa shape index (κ2) is 12.1. The number of carbonyl (C=O) groups excluding carboxylic acids is 3. The SMILES string of the molecule is Cn1ncc(-c2ccc3c(c2)CN(C2CCC(=O)NC2=O)C3=O)c1-c1cccc(CCCCCCc2ccccc2)c1. The predicted octanol–water partition coefficient (Wildman–Crippen LogP) is 5.86. The summed E-state index contributed by atoms with van der Waals surface area (Å²) in [6.07, 6.45) is 9.52. The number of unbranched alkanes of at least 4 members (excludes halogenated alkanes) is 3. The maximum atomic E-state index is 13.2. The van der Waals surface area contributed by atoms with Gasteiger partial charge < -0.3 is 4.90 Å². The molecule has 3 heterocycles. The van der Waals surface area contributed by atoms with Crippen molar-refractivity contribution in [1.29, 1.82) is 0 Å². The molecule has 0 bridgehead atoms. The topological polar surface area (TPSA) is 84.3 Å². The van der Waals surface area contributed by atoms with Crippen molar-refractivity contribution in [1.82, 2.24) is 20.0 Å². The summed E-state index contributed by atoms with van der Waals surface area (Å²) in [5, 5.41) is 6.96. The number of fused-ring (bicyclic) bond motifs is 1. The van der Waals surface area contributed by atoms with Crippen LogP contribution < -0.4 is 5.32 Å². The van der Waals surface area contributed by atoms with E-state index in [1.165, 1.54) is 36.8 Å². The molecule has 6 rings (SSSR count). The van der Waals surface area contributed by atoms with Crippen molar-refractivity contribution >= 4 is 17.7 Å². The van der Waals surface area contributed by atoms with Crippen LogP contribution in [0.1, 0.15) is 65.6 Å². The van der Waals surface area contributed by atoms with Crippen molar-refractivity contribution in [3.8, 4) is 22.4 Å². The monoisotopic (exact) mass is 560 g/mol. The second-order valence-electron chi connectivity index (χ2n) is 11.4. The van der Waals surface area contributed by atoms with Crippen LogP contribution in [0.4, 0.5) is 0 Å². The minimum Gasteiger partial charge on any atom is -0.322 e. The molecule has 0 spiro atoms. The second-order valence-corrected chi connectivity index (χ2v) is 11.4. The van der Waals surface area contributed by atoms with Gasteiger partial charge in [0.1, 0.15) is 6.04 Å². The summed E-state index contributed by atoms with van der Waals surface area (Å²) >= 11 is 0. The Labute approximate surface area is 246 Å². The highest BCUT2D eigenvalue weighted by atomic mass is 16.2. The molecule has 3 amide bonds. The number of hydrogen-bond donors (Lipinski definition) is 1. The van der Waals surface area contributed by atoms with Gasteiger partial charge in [-0.25, -0.2) is 0 Å². The molecule has 0 saturated carbocycles. The van der Waals surface area contributed by atoms with Crippen molar-refractivity contribution in [2.45, 2.75) is 64.0 Å². The van der Waals surface area contributed by atoms with E-state index in [2.05, 4.69) is 65.0 Å². The van der Waals surface area contributed by atoms with Crippen LogP contribution in [0.3, 0.4) is 0 Å². The Bertz CT molecular complexity index is 1620. The molecule has 0 radical (unpaired) electrons. The Morgan fingerprint density at radius 2 is 1.57 bits per heavy atom. The molecule has 42 heavy (non-hydrogen) atoms. The summed E-state index contributed by atoms with van der Waals surface area (Å²) in [6.45, 7) is 0.352. The van der Waals surface area contributed by atoms with E-state index in [4.69, 9.17) is 0 Å². The molecule has 0 aliphatic carbocycles. The molecule has 3 aromatic carbocycles. The number of aryl methyl sites for hydroxylation is 3. The highest BCUT2D eigenvalue weighted by molar-refractivity contribution is 6.05. The van der Waals surface area contributed by atoms with E-state index in [0.29, 0.717) is 18.5 Å². The van der Waals surface area contributed by atoms with Gasteiger partial charge in [-0.15, -0.1) is 0 Å². The lowest BCUT2D eigenvalue weighted by atomic mass is 9.96. The smallest absolute Gasteiger partial charge is 0.255 e. The first-order valence-corrected chi connectivity index (χ1v) is 14.9. The Morgan fingerprint density at radius 3 is 2.36 bits per heavy atom. The molecule has 1 N–H and O–H groups in total. The molecule has 7 heteroatoms. The number of nitrogens with one attached hydrogen (secondary N) is 1. The van der Waals surface area contributed by atoms with Crippen LogP contribution in [-0.4, -0.2) is 38.4 Å². The van der Waals surface area contributed by atoms with Gasteiger partial charge in [0.15, 0.2) is 0 Å². The van der Waals surface area contributed by atoms with E-state index < -0.39 is 11.9 Å². The molecule has 1 fully saturated rings. The average molecular weight is 561 g/mol. The molecule has 4 aromatic rings. The number of rotatable bonds is 10. The number of carbonyl (C=O) groups is 3. The fraction of sp³-hybridized carbons (Fsp3) is 0.314. The van der Waals surface area contributed by atoms with Gasteiger partial charge >= 0.3 is 0 Å². The first-order chi connectivity index (χ1) is 20.5. The first-order valence-electron chi connectivity index (χ1n) is 14.9. The van der Waals surface area contributed by atoms with E-state index in [1.807, 2.05) is 36.1 Å². The Morgan fingerprint density at radius 1 is 0.810 bits per heavy atom. The molecule has 1 saturated heterocycles. The van der Waals surface area contributed by atoms with Crippen LogP contribution >= 0.6 is 0 Å². The van der Waals surface area contributed by atoms with Crippen LogP contribution in [-0.2, 0) is 36.0 Å². The molecule has 1 unspecified atom stereocenters. The molecule has 2 aliphatic rings. The van der Waals surface area contributed by atoms with Crippen LogP contribution in [0.15, 0.2) is 79.0 Å². The van der Waals surface area contributed by atoms with Crippen LogP contribution in [0.2, 0.25) is 0 Å². The van der Waals surface area contributed by atoms with Crippen LogP contribution in [0.25, 0.3) is 22.4 Å². The normalized spacial score (nSPS) is 16.5. The third kappa shape index (κ3) is 5.77. The van der Waals surface area contributed by atoms with E-state index >= 15 is 0 Å². The fourth-order valence-electron chi connectivity index (χ4n) is 6.26. The van der Waals surface area contributed by atoms with E-state index in [-0.39, 0.29) is 18.2 Å². The minimum absolute atomic E-state index is 0.162. The number of amides is 3. The summed E-state index contributed by atoms with van der Waals surface area (Å²) in [4.78, 5) is 38.8. The Kier molecular flexibility index (Phi) is 8.00. The number of piperidine rings is 1. The number of nitrogens with zero attached hydrogens (tertiary/aromatic N) is 3. The van der Waals surface area contributed by atoms with E-state index in [9.17, 15) is 14.4 Å². The predicted molar refractivity (Wildman–Crippen MR) is 162 cm³/mol. The zero-order chi connectivity index (χ0) is 29.1. The number of imide groups is 1. The Balaban J connectivity index is 1.13. The molecule has 1 atom stereocenters. The lowest BCUT2D eigenvalue weighted by Gasteiger charge is -2.29. The summed E-state index contributed by atoms with van der Waals surface area (Å²) in [5.41, 5.74) is 8.38. The number of benzene rings is 3. The largest absolute Gasteiger partial charge is 0.322 e. The standard InChI is InChI=1S/C35H36N4O3/c1-38-33(27-15-9-14-25(20-27)13-6-3-2-5-10-24-11-7-4-8-12-24)30(22-36-38)26-16-17-29-28(21-26)23-39(35(29)42)31-18-19-32(40)37-34(31)41/h4,7-9,11-12,14-17,20-22,31H,2-3,5-6,10,13,18-19,23H2,1H3,(H,37,40,41). The molecule has 7 nitrogen and oxygen atoms in total. The van der Waals surface area contributed by atoms with Gasteiger partial charge in [0.05, 0.1) is 11.9 Å². The first kappa shape index (κ1) is 27.6. The van der Waals surface area contributed by atoms with Crippen molar-refractivity contribution in [2.75, 3.05) is 0 Å². The van der Waals surface area contributed by atoms with Gasteiger partial charge in [-0.1, -0.05) is 67.4 Å². The molecular formula is C35H36N4O3. The Hall–Kier alpha value is -4.52. The lowest BCUT2D eigenvalue weighted by molar-refractivity contribution is -0.136. The summed E-state index contributed by atoms with van der Waals surface area (Å²) in [5.74, 6) is -0.839. The maximum Gasteiger partial charge on any atom is 0.255 e. The van der Waals surface area contributed by atoms with Crippen LogP contribution in [0, 0.1) is 0 Å². The van der Waals surface area contributed by atoms with Crippen molar-refractivity contribution in [3.63, 3.8) is 0 Å². The fourth-order valence-corrected chi connectivity index (χ4v) is 6.26. The zero-order valence-electron chi connectivity index (χ0n) is 24.0. The molecule has 214 valence electrons. The van der Waals surface area contributed by atoms with Gasteiger partial charge in [-0.2, -0.15) is 5.10 Å². The van der Waals surface area contributed by atoms with Gasteiger partial charge in [0.25, 0.3) is 5.91 Å². The molecule has 2 aliphatic heterocycles. The van der Waals surface area contributed by atoms with Crippen molar-refractivity contribution in [2.24, 2.45) is 7.05 Å². The van der Waals surface area contributed by atoms with Gasteiger partial charge in [-0.05, 0) is 72.6 Å². The van der Waals surface area contributed by atoms with E-state index in [1.54, 1.807) is 4.90 Å². The third-order valence-corrected chi connectivity index (χ3v) is 8.50. The maximum absolute atomic E-state index is 13.2.